The van der Waals surface area contributed by atoms with Gasteiger partial charge < -0.3 is 33.8 Å². The summed E-state index contributed by atoms with van der Waals surface area (Å²) in [6, 6.07) is 0. The average Bonchev–Trinajstić information content (AvgIpc) is 0.907. The molecule has 0 aliphatic heterocycles. The molecule has 0 aromatic heterocycles. The summed E-state index contributed by atoms with van der Waals surface area (Å²) in [6.45, 7) is 4.66. The molecule has 0 spiro atoms. The molecule has 102 heavy (non-hydrogen) atoms. The van der Waals surface area contributed by atoms with E-state index in [9.17, 15) is 43.2 Å². The Hall–Kier alpha value is -4.28. The van der Waals surface area contributed by atoms with Crippen LogP contribution < -0.4 is 0 Å². The second kappa shape index (κ2) is 75.0. The highest BCUT2D eigenvalue weighted by Crippen LogP contribution is 2.45. The molecule has 5 unspecified atom stereocenters. The monoisotopic (exact) mass is 1470 g/mol. The van der Waals surface area contributed by atoms with Gasteiger partial charge in [-0.05, 0) is 154 Å². The third-order valence-corrected chi connectivity index (χ3v) is 18.6. The van der Waals surface area contributed by atoms with Crippen LogP contribution in [0.5, 0.6) is 0 Å². The van der Waals surface area contributed by atoms with Gasteiger partial charge in [0.15, 0.2) is 12.2 Å². The normalized spacial score (nSPS) is 14.5. The van der Waals surface area contributed by atoms with Gasteiger partial charge in [0.1, 0.15) is 19.3 Å². The van der Waals surface area contributed by atoms with E-state index in [4.69, 9.17) is 37.0 Å². The highest BCUT2D eigenvalue weighted by atomic mass is 31.2. The third-order valence-electron chi connectivity index (χ3n) is 16.7. The molecule has 0 saturated carbocycles. The van der Waals surface area contributed by atoms with Crippen molar-refractivity contribution in [2.24, 2.45) is 0 Å². The lowest BCUT2D eigenvalue weighted by atomic mass is 10.1. The van der Waals surface area contributed by atoms with Gasteiger partial charge in [-0.2, -0.15) is 0 Å². The molecule has 0 bridgehead atoms. The number of allylic oxidation sites excluding steroid dienone is 18. The van der Waals surface area contributed by atoms with Crippen LogP contribution in [-0.2, 0) is 65.4 Å². The smallest absolute Gasteiger partial charge is 0.462 e. The molecule has 0 aromatic carbocycles. The van der Waals surface area contributed by atoms with Crippen molar-refractivity contribution in [3.63, 3.8) is 0 Å². The number of esters is 4. The average molecular weight is 1480 g/mol. The summed E-state index contributed by atoms with van der Waals surface area (Å²) in [5.74, 6) is -2.22. The molecule has 5 atom stereocenters. The van der Waals surface area contributed by atoms with Crippen LogP contribution >= 0.6 is 15.6 Å². The maximum Gasteiger partial charge on any atom is 0.472 e. The molecule has 0 aliphatic carbocycles. The van der Waals surface area contributed by atoms with Gasteiger partial charge in [-0.15, -0.1) is 0 Å². The van der Waals surface area contributed by atoms with Gasteiger partial charge in [-0.3, -0.25) is 37.3 Å². The first kappa shape index (κ1) is 97.7. The topological polar surface area (TPSA) is 237 Å². The molecule has 0 aliphatic rings. The van der Waals surface area contributed by atoms with Gasteiger partial charge in [-0.1, -0.05) is 265 Å². The Morgan fingerprint density at radius 3 is 0.814 bits per heavy atom. The first-order valence-electron chi connectivity index (χ1n) is 40.1. The van der Waals surface area contributed by atoms with Gasteiger partial charge in [-0.25, -0.2) is 9.13 Å². The molecule has 17 nitrogen and oxygen atoms in total. The largest absolute Gasteiger partial charge is 0.472 e. The molecule has 19 heteroatoms. The molecule has 3 N–H and O–H groups in total. The van der Waals surface area contributed by atoms with Crippen LogP contribution in [0.3, 0.4) is 0 Å². The Bertz CT molecular complexity index is 2360. The van der Waals surface area contributed by atoms with E-state index >= 15 is 0 Å². The Balaban J connectivity index is 5.37. The number of hydrogen-bond acceptors (Lipinski definition) is 15. The maximum atomic E-state index is 13.1. The van der Waals surface area contributed by atoms with Crippen molar-refractivity contribution in [3.8, 4) is 0 Å². The molecular weight excluding hydrogens is 1330 g/mol. The van der Waals surface area contributed by atoms with Gasteiger partial charge in [0.25, 0.3) is 0 Å². The van der Waals surface area contributed by atoms with Crippen molar-refractivity contribution in [3.05, 3.63) is 109 Å². The summed E-state index contributed by atoms with van der Waals surface area (Å²) in [5, 5.41) is 10.6. The standard InChI is InChI=1S/C83H144O17P2/c1-5-9-13-17-21-25-29-33-36-37-38-39-42-45-48-52-56-60-64-68-81(86)94-74-79(100-83(88)70-66-62-58-54-50-46-41-35-31-27-23-19-15-11-7-3)76-98-102(91,92)96-72-77(84)71-95-101(89,90)97-75-78(99-82(87)69-65-61-57-53-49-43-32-28-24-20-16-12-8-4)73-93-80(85)67-63-59-55-51-47-44-40-34-30-26-22-18-14-10-6-2/h11,15,21-23,25-28,32-36,38-41,77-79,84H,5-10,12-14,16-20,24,29-31,37,42-76H2,1-4H3,(H,89,90)(H,91,92)/b15-11-,25-21-,26-22-,27-23-,32-28-,36-33-,39-38-,40-34-,41-35-. The van der Waals surface area contributed by atoms with Crippen LogP contribution in [0, 0.1) is 0 Å². The summed E-state index contributed by atoms with van der Waals surface area (Å²) < 4.78 is 68.6. The first-order chi connectivity index (χ1) is 49.7. The van der Waals surface area contributed by atoms with E-state index in [1.807, 2.05) is 0 Å². The molecule has 588 valence electrons. The molecule has 0 radical (unpaired) electrons. The number of unbranched alkanes of at least 4 members (excludes halogenated alkanes) is 31. The number of phosphoric acid groups is 2. The van der Waals surface area contributed by atoms with Crippen molar-refractivity contribution in [2.75, 3.05) is 39.6 Å². The van der Waals surface area contributed by atoms with E-state index in [1.54, 1.807) is 0 Å². The lowest BCUT2D eigenvalue weighted by Crippen LogP contribution is -2.30. The number of phosphoric ester groups is 2. The van der Waals surface area contributed by atoms with E-state index in [0.29, 0.717) is 25.7 Å². The Kier molecular flexibility index (Phi) is 71.8. The predicted octanol–water partition coefficient (Wildman–Crippen LogP) is 23.3. The number of carbonyl (C=O) groups is 4. The van der Waals surface area contributed by atoms with Crippen molar-refractivity contribution >= 4 is 39.5 Å². The second-order valence-corrected chi connectivity index (χ2v) is 29.5. The summed E-state index contributed by atoms with van der Waals surface area (Å²) in [7, 11) is -9.97. The minimum absolute atomic E-state index is 0.0710. The van der Waals surface area contributed by atoms with E-state index in [2.05, 4.69) is 137 Å². The number of hydrogen-bond donors (Lipinski definition) is 3. The minimum Gasteiger partial charge on any atom is -0.462 e. The van der Waals surface area contributed by atoms with Crippen LogP contribution in [0.15, 0.2) is 109 Å². The molecule has 0 rings (SSSR count). The van der Waals surface area contributed by atoms with E-state index in [-0.39, 0.29) is 25.7 Å². The second-order valence-electron chi connectivity index (χ2n) is 26.6. The van der Waals surface area contributed by atoms with Gasteiger partial charge in [0, 0.05) is 25.7 Å². The highest BCUT2D eigenvalue weighted by molar-refractivity contribution is 7.47. The zero-order chi connectivity index (χ0) is 74.6. The summed E-state index contributed by atoms with van der Waals surface area (Å²) >= 11 is 0. The lowest BCUT2D eigenvalue weighted by molar-refractivity contribution is -0.161. The number of aliphatic hydroxyl groups excluding tert-OH is 1. The summed E-state index contributed by atoms with van der Waals surface area (Å²) in [4.78, 5) is 73.0. The highest BCUT2D eigenvalue weighted by Gasteiger charge is 2.30. The fourth-order valence-electron chi connectivity index (χ4n) is 10.6. The van der Waals surface area contributed by atoms with E-state index < -0.39 is 97.5 Å². The van der Waals surface area contributed by atoms with Gasteiger partial charge in [0.05, 0.1) is 26.4 Å². The van der Waals surface area contributed by atoms with Crippen LogP contribution in [0.2, 0.25) is 0 Å². The molecule has 0 fully saturated rings. The van der Waals surface area contributed by atoms with Gasteiger partial charge in [0.2, 0.25) is 0 Å². The van der Waals surface area contributed by atoms with Crippen LogP contribution in [-0.4, -0.2) is 96.7 Å². The molecule has 0 heterocycles. The zero-order valence-corrected chi connectivity index (χ0v) is 66.0. The number of aliphatic hydroxyl groups is 1. The fourth-order valence-corrected chi connectivity index (χ4v) is 12.1. The van der Waals surface area contributed by atoms with Crippen LogP contribution in [0.25, 0.3) is 0 Å². The first-order valence-corrected chi connectivity index (χ1v) is 43.1. The van der Waals surface area contributed by atoms with E-state index in [0.717, 1.165) is 193 Å². The summed E-state index contributed by atoms with van der Waals surface area (Å²) in [5.41, 5.74) is 0. The number of rotatable bonds is 75. The summed E-state index contributed by atoms with van der Waals surface area (Å²) in [6.07, 6.45) is 80.6. The third kappa shape index (κ3) is 74.0. The number of carbonyl (C=O) groups excluding carboxylic acids is 4. The van der Waals surface area contributed by atoms with Crippen LogP contribution in [0.1, 0.15) is 336 Å². The Morgan fingerprint density at radius 1 is 0.284 bits per heavy atom. The predicted molar refractivity (Wildman–Crippen MR) is 418 cm³/mol. The quantitative estimate of drug-likeness (QED) is 0.0169. The minimum atomic E-state index is -4.99. The molecule has 0 saturated heterocycles. The van der Waals surface area contributed by atoms with Crippen molar-refractivity contribution in [1.29, 1.82) is 0 Å². The molecular formula is C83H144O17P2. The lowest BCUT2D eigenvalue weighted by Gasteiger charge is -2.21. The maximum absolute atomic E-state index is 13.1. The Labute approximate surface area is 619 Å². The van der Waals surface area contributed by atoms with Crippen molar-refractivity contribution < 1.29 is 80.2 Å². The fraction of sp³-hybridized carbons (Fsp3) is 0.735. The zero-order valence-electron chi connectivity index (χ0n) is 64.3. The Morgan fingerprint density at radius 2 is 0.510 bits per heavy atom. The molecule has 0 aromatic rings. The van der Waals surface area contributed by atoms with Gasteiger partial charge >= 0.3 is 39.5 Å². The van der Waals surface area contributed by atoms with E-state index in [1.165, 1.54) is 64.2 Å². The number of ether oxygens (including phenoxy) is 4. The van der Waals surface area contributed by atoms with Crippen molar-refractivity contribution in [1.82, 2.24) is 0 Å². The SMILES string of the molecule is CC/C=C\C/C=C\C/C=C\CCCCCCCC(=O)OC(COC(=O)CCCCCCCC/C=C\C/C=C\C/C=C\CCCCC)COP(=O)(O)OCC(O)COP(=O)(O)OCC(COC(=O)CCCCCCC/C=C\C/C=C\CCCCC)OC(=O)CCCCCCC/C=C\CCCCCC. The van der Waals surface area contributed by atoms with Crippen molar-refractivity contribution in [2.45, 2.75) is 354 Å². The van der Waals surface area contributed by atoms with Crippen LogP contribution in [0.4, 0.5) is 0 Å². The molecule has 0 amide bonds.